The number of hydrogen-bond donors (Lipinski definition) is 2. The van der Waals surface area contributed by atoms with Crippen LogP contribution in [0.5, 0.6) is 0 Å². The van der Waals surface area contributed by atoms with Crippen LogP contribution in [0.15, 0.2) is 35.3 Å². The summed E-state index contributed by atoms with van der Waals surface area (Å²) in [6, 6.07) is 10.4. The molecule has 7 heteroatoms. The molecular weight excluding hydrogens is 457 g/mol. The summed E-state index contributed by atoms with van der Waals surface area (Å²) >= 11 is 0. The Morgan fingerprint density at radius 1 is 1.11 bits per heavy atom. The molecular formula is C20H34IN3O3. The molecule has 27 heavy (non-hydrogen) atoms. The topological polar surface area (TPSA) is 64.1 Å². The molecule has 2 N–H and O–H groups in total. The van der Waals surface area contributed by atoms with Gasteiger partial charge in [0.2, 0.25) is 0 Å². The Hall–Kier alpha value is -0.900. The summed E-state index contributed by atoms with van der Waals surface area (Å²) in [4.78, 5) is 4.23. The van der Waals surface area contributed by atoms with Crippen LogP contribution in [0.4, 0.5) is 0 Å². The fourth-order valence-corrected chi connectivity index (χ4v) is 2.71. The Kier molecular flexibility index (Phi) is 14.4. The minimum atomic E-state index is 0. The Labute approximate surface area is 180 Å². The predicted octanol–water partition coefficient (Wildman–Crippen LogP) is 2.61. The molecule has 1 aliphatic rings. The van der Waals surface area contributed by atoms with E-state index in [0.717, 1.165) is 77.8 Å². The van der Waals surface area contributed by atoms with Crippen molar-refractivity contribution in [1.29, 1.82) is 0 Å². The van der Waals surface area contributed by atoms with E-state index in [9.17, 15) is 0 Å². The van der Waals surface area contributed by atoms with Crippen molar-refractivity contribution in [2.24, 2.45) is 4.99 Å². The molecule has 0 bridgehead atoms. The minimum absolute atomic E-state index is 0. The first kappa shape index (κ1) is 24.1. The molecule has 0 radical (unpaired) electrons. The lowest BCUT2D eigenvalue weighted by Crippen LogP contribution is -2.38. The standard InChI is InChI=1S/C20H33N3O3.HI/c1-21-20(23-12-6-14-26-19-10-16-25-17-19)22-11-5-13-24-15-9-18-7-3-2-4-8-18;/h2-4,7-8,19H,5-6,9-17H2,1H3,(H2,21,22,23);1H. The molecule has 1 fully saturated rings. The third-order valence-corrected chi connectivity index (χ3v) is 4.21. The largest absolute Gasteiger partial charge is 0.381 e. The van der Waals surface area contributed by atoms with E-state index < -0.39 is 0 Å². The van der Waals surface area contributed by atoms with E-state index in [2.05, 4.69) is 39.9 Å². The van der Waals surface area contributed by atoms with E-state index in [1.807, 2.05) is 6.07 Å². The van der Waals surface area contributed by atoms with Crippen LogP contribution >= 0.6 is 24.0 Å². The zero-order valence-electron chi connectivity index (χ0n) is 16.3. The molecule has 2 rings (SSSR count). The van der Waals surface area contributed by atoms with E-state index in [1.54, 1.807) is 7.05 Å². The zero-order valence-corrected chi connectivity index (χ0v) is 18.7. The lowest BCUT2D eigenvalue weighted by Gasteiger charge is -2.13. The lowest BCUT2D eigenvalue weighted by molar-refractivity contribution is 0.0420. The molecule has 0 aliphatic carbocycles. The van der Waals surface area contributed by atoms with Gasteiger partial charge < -0.3 is 24.8 Å². The highest BCUT2D eigenvalue weighted by Gasteiger charge is 2.15. The van der Waals surface area contributed by atoms with Crippen LogP contribution in [0.3, 0.4) is 0 Å². The number of nitrogens with one attached hydrogen (secondary N) is 2. The molecule has 6 nitrogen and oxygen atoms in total. The van der Waals surface area contributed by atoms with Gasteiger partial charge in [-0.2, -0.15) is 0 Å². The maximum Gasteiger partial charge on any atom is 0.190 e. The fraction of sp³-hybridized carbons (Fsp3) is 0.650. The summed E-state index contributed by atoms with van der Waals surface area (Å²) < 4.78 is 16.7. The van der Waals surface area contributed by atoms with Gasteiger partial charge in [0, 0.05) is 40.0 Å². The highest BCUT2D eigenvalue weighted by Crippen LogP contribution is 2.07. The van der Waals surface area contributed by atoms with Gasteiger partial charge in [-0.05, 0) is 31.2 Å². The van der Waals surface area contributed by atoms with Crippen molar-refractivity contribution >= 4 is 29.9 Å². The molecule has 1 saturated heterocycles. The van der Waals surface area contributed by atoms with Gasteiger partial charge in [-0.15, -0.1) is 24.0 Å². The zero-order chi connectivity index (χ0) is 18.3. The third-order valence-electron chi connectivity index (χ3n) is 4.21. The predicted molar refractivity (Wildman–Crippen MR) is 120 cm³/mol. The van der Waals surface area contributed by atoms with Crippen molar-refractivity contribution in [3.8, 4) is 0 Å². The van der Waals surface area contributed by atoms with E-state index in [-0.39, 0.29) is 30.1 Å². The normalized spacial score (nSPS) is 16.8. The number of ether oxygens (including phenoxy) is 3. The van der Waals surface area contributed by atoms with Crippen molar-refractivity contribution in [1.82, 2.24) is 10.6 Å². The SMILES string of the molecule is CN=C(NCCCOCCc1ccccc1)NCCCOC1CCOC1.I. The summed E-state index contributed by atoms with van der Waals surface area (Å²) in [7, 11) is 1.79. The Bertz CT molecular complexity index is 497. The quantitative estimate of drug-likeness (QED) is 0.204. The van der Waals surface area contributed by atoms with E-state index >= 15 is 0 Å². The van der Waals surface area contributed by atoms with Gasteiger partial charge in [0.05, 0.1) is 19.3 Å². The summed E-state index contributed by atoms with van der Waals surface area (Å²) in [5.74, 6) is 0.832. The van der Waals surface area contributed by atoms with Gasteiger partial charge >= 0.3 is 0 Å². The van der Waals surface area contributed by atoms with Gasteiger partial charge in [0.1, 0.15) is 0 Å². The molecule has 0 amide bonds. The number of hydrogen-bond acceptors (Lipinski definition) is 4. The second-order valence-electron chi connectivity index (χ2n) is 6.34. The molecule has 0 saturated carbocycles. The average Bonchev–Trinajstić information content (AvgIpc) is 3.19. The maximum atomic E-state index is 5.74. The number of halogens is 1. The first-order valence-corrected chi connectivity index (χ1v) is 9.64. The minimum Gasteiger partial charge on any atom is -0.381 e. The molecule has 1 atom stereocenters. The lowest BCUT2D eigenvalue weighted by atomic mass is 10.2. The third kappa shape index (κ3) is 11.5. The van der Waals surface area contributed by atoms with Gasteiger partial charge in [-0.25, -0.2) is 0 Å². The summed E-state index contributed by atoms with van der Waals surface area (Å²) in [6.45, 7) is 5.55. The monoisotopic (exact) mass is 491 g/mol. The van der Waals surface area contributed by atoms with Crippen LogP contribution in [-0.4, -0.2) is 65.2 Å². The van der Waals surface area contributed by atoms with Crippen LogP contribution in [0.2, 0.25) is 0 Å². The molecule has 154 valence electrons. The molecule has 1 heterocycles. The summed E-state index contributed by atoms with van der Waals surface area (Å²) in [5.41, 5.74) is 1.32. The van der Waals surface area contributed by atoms with Crippen molar-refractivity contribution < 1.29 is 14.2 Å². The van der Waals surface area contributed by atoms with Crippen LogP contribution in [-0.2, 0) is 20.6 Å². The van der Waals surface area contributed by atoms with Crippen LogP contribution < -0.4 is 10.6 Å². The first-order valence-electron chi connectivity index (χ1n) is 9.64. The van der Waals surface area contributed by atoms with Gasteiger partial charge in [0.15, 0.2) is 5.96 Å². The molecule has 1 aromatic rings. The molecule has 0 aromatic heterocycles. The van der Waals surface area contributed by atoms with E-state index in [4.69, 9.17) is 14.2 Å². The molecule has 1 aromatic carbocycles. The van der Waals surface area contributed by atoms with Crippen LogP contribution in [0.25, 0.3) is 0 Å². The van der Waals surface area contributed by atoms with Crippen molar-refractivity contribution in [3.05, 3.63) is 35.9 Å². The van der Waals surface area contributed by atoms with Gasteiger partial charge in [0.25, 0.3) is 0 Å². The number of benzene rings is 1. The Morgan fingerprint density at radius 2 is 1.85 bits per heavy atom. The Morgan fingerprint density at radius 3 is 2.52 bits per heavy atom. The summed E-state index contributed by atoms with van der Waals surface area (Å²) in [6.07, 6.45) is 4.19. The van der Waals surface area contributed by atoms with Crippen molar-refractivity contribution in [2.45, 2.75) is 31.8 Å². The van der Waals surface area contributed by atoms with Gasteiger partial charge in [-0.1, -0.05) is 30.3 Å². The van der Waals surface area contributed by atoms with E-state index in [1.165, 1.54) is 5.56 Å². The molecule has 1 unspecified atom stereocenters. The second kappa shape index (κ2) is 16.1. The van der Waals surface area contributed by atoms with Gasteiger partial charge in [-0.3, -0.25) is 4.99 Å². The highest BCUT2D eigenvalue weighted by atomic mass is 127. The van der Waals surface area contributed by atoms with E-state index in [0.29, 0.717) is 0 Å². The fourth-order valence-electron chi connectivity index (χ4n) is 2.71. The molecule has 1 aliphatic heterocycles. The van der Waals surface area contributed by atoms with Crippen LogP contribution in [0.1, 0.15) is 24.8 Å². The smallest absolute Gasteiger partial charge is 0.190 e. The maximum absolute atomic E-state index is 5.74. The number of guanidine groups is 1. The number of rotatable bonds is 12. The number of nitrogens with zero attached hydrogens (tertiary/aromatic N) is 1. The van der Waals surface area contributed by atoms with Crippen LogP contribution in [0, 0.1) is 0 Å². The average molecular weight is 491 g/mol. The second-order valence-corrected chi connectivity index (χ2v) is 6.34. The number of aliphatic imine (C=N–C) groups is 1. The molecule has 0 spiro atoms. The van der Waals surface area contributed by atoms with Crippen molar-refractivity contribution in [3.63, 3.8) is 0 Å². The van der Waals surface area contributed by atoms with Crippen molar-refractivity contribution in [2.75, 3.05) is 53.2 Å². The first-order chi connectivity index (χ1) is 12.9. The summed E-state index contributed by atoms with van der Waals surface area (Å²) in [5, 5.41) is 6.61. The highest BCUT2D eigenvalue weighted by molar-refractivity contribution is 14.0. The Balaban J connectivity index is 0.00000364.